The molecule has 0 saturated heterocycles. The van der Waals surface area contributed by atoms with Crippen LogP contribution in [0.2, 0.25) is 0 Å². The number of nitrogens with one attached hydrogen (secondary N) is 1. The van der Waals surface area contributed by atoms with Crippen molar-refractivity contribution >= 4 is 17.7 Å². The number of nitrogens with two attached hydrogens (primary N) is 1. The summed E-state index contributed by atoms with van der Waals surface area (Å²) in [5.41, 5.74) is 6.24. The molecule has 0 saturated carbocycles. The lowest BCUT2D eigenvalue weighted by atomic mass is 10.1. The standard InChI is InChI=1S/C22H36N4O5/c23-14-6-2-8-16-25(30)21(28)13-12-20(27)24-15-7-3-9-17-26(31)22(29)18-19-10-4-1-5-11-19/h1,4-5,10-11,30-31H,2-3,6-9,12-18,23H2,(H,24,27). The van der Waals surface area contributed by atoms with Gasteiger partial charge in [-0.1, -0.05) is 36.8 Å². The lowest BCUT2D eigenvalue weighted by Crippen LogP contribution is -2.31. The minimum atomic E-state index is -0.467. The number of rotatable bonds is 16. The van der Waals surface area contributed by atoms with Gasteiger partial charge in [0.15, 0.2) is 0 Å². The predicted octanol–water partition coefficient (Wildman–Crippen LogP) is 1.86. The van der Waals surface area contributed by atoms with E-state index in [-0.39, 0.29) is 44.2 Å². The van der Waals surface area contributed by atoms with Crippen molar-refractivity contribution in [1.82, 2.24) is 15.4 Å². The number of carbonyl (C=O) groups is 3. The zero-order valence-corrected chi connectivity index (χ0v) is 18.2. The van der Waals surface area contributed by atoms with E-state index in [1.54, 1.807) is 0 Å². The second kappa shape index (κ2) is 16.2. The van der Waals surface area contributed by atoms with E-state index in [1.165, 1.54) is 0 Å². The van der Waals surface area contributed by atoms with Crippen LogP contribution in [0.25, 0.3) is 0 Å². The van der Waals surface area contributed by atoms with E-state index in [0.29, 0.717) is 37.4 Å². The van der Waals surface area contributed by atoms with E-state index in [1.807, 2.05) is 30.3 Å². The topological polar surface area (TPSA) is 136 Å². The fraction of sp³-hybridized carbons (Fsp3) is 0.591. The van der Waals surface area contributed by atoms with Gasteiger partial charge in [0.25, 0.3) is 0 Å². The monoisotopic (exact) mass is 436 g/mol. The van der Waals surface area contributed by atoms with E-state index in [2.05, 4.69) is 5.32 Å². The minimum absolute atomic E-state index is 0.0249. The maximum atomic E-state index is 11.9. The molecular formula is C22H36N4O5. The summed E-state index contributed by atoms with van der Waals surface area (Å²) in [4.78, 5) is 35.5. The molecular weight excluding hydrogens is 400 g/mol. The van der Waals surface area contributed by atoms with Gasteiger partial charge >= 0.3 is 0 Å². The molecule has 9 nitrogen and oxygen atoms in total. The Morgan fingerprint density at radius 2 is 1.42 bits per heavy atom. The Morgan fingerprint density at radius 3 is 2.06 bits per heavy atom. The third-order valence-corrected chi connectivity index (χ3v) is 4.78. The highest BCUT2D eigenvalue weighted by Crippen LogP contribution is 2.04. The van der Waals surface area contributed by atoms with Crippen LogP contribution in [0, 0.1) is 0 Å². The Balaban J connectivity index is 2.04. The predicted molar refractivity (Wildman–Crippen MR) is 116 cm³/mol. The molecule has 0 aliphatic heterocycles. The number of hydrogen-bond acceptors (Lipinski definition) is 6. The first-order valence-corrected chi connectivity index (χ1v) is 10.9. The number of benzene rings is 1. The third kappa shape index (κ3) is 12.7. The molecule has 0 spiro atoms. The highest BCUT2D eigenvalue weighted by atomic mass is 16.5. The van der Waals surface area contributed by atoms with Crippen LogP contribution in [-0.2, 0) is 20.8 Å². The van der Waals surface area contributed by atoms with Crippen molar-refractivity contribution in [2.45, 2.75) is 57.8 Å². The number of carbonyl (C=O) groups excluding carboxylic acids is 3. The Bertz CT molecular complexity index is 657. The van der Waals surface area contributed by atoms with Gasteiger partial charge in [0, 0.05) is 32.5 Å². The second-order valence-corrected chi connectivity index (χ2v) is 7.46. The Labute approximate surface area is 184 Å². The van der Waals surface area contributed by atoms with E-state index in [4.69, 9.17) is 5.73 Å². The molecule has 0 heterocycles. The van der Waals surface area contributed by atoms with Gasteiger partial charge in [-0.05, 0) is 44.2 Å². The molecule has 9 heteroatoms. The summed E-state index contributed by atoms with van der Waals surface area (Å²) in [6.45, 7) is 1.53. The summed E-state index contributed by atoms with van der Waals surface area (Å²) < 4.78 is 0. The Morgan fingerprint density at radius 1 is 0.806 bits per heavy atom. The molecule has 31 heavy (non-hydrogen) atoms. The zero-order valence-electron chi connectivity index (χ0n) is 18.2. The lowest BCUT2D eigenvalue weighted by Gasteiger charge is -2.15. The van der Waals surface area contributed by atoms with Crippen LogP contribution in [0.3, 0.4) is 0 Å². The van der Waals surface area contributed by atoms with Gasteiger partial charge in [-0.15, -0.1) is 0 Å². The molecule has 3 amide bonds. The van der Waals surface area contributed by atoms with Crippen molar-refractivity contribution in [2.24, 2.45) is 5.73 Å². The first-order chi connectivity index (χ1) is 14.9. The fourth-order valence-corrected chi connectivity index (χ4v) is 2.92. The molecule has 0 atom stereocenters. The van der Waals surface area contributed by atoms with Crippen LogP contribution in [-0.4, -0.2) is 64.4 Å². The molecule has 0 radical (unpaired) electrons. The molecule has 5 N–H and O–H groups in total. The molecule has 0 bridgehead atoms. The number of hydroxylamine groups is 4. The summed E-state index contributed by atoms with van der Waals surface area (Å²) in [6, 6.07) is 9.24. The molecule has 0 aliphatic carbocycles. The maximum Gasteiger partial charge on any atom is 0.250 e. The second-order valence-electron chi connectivity index (χ2n) is 7.46. The normalized spacial score (nSPS) is 10.5. The molecule has 1 aromatic rings. The highest BCUT2D eigenvalue weighted by molar-refractivity contribution is 5.83. The van der Waals surface area contributed by atoms with E-state index in [9.17, 15) is 24.8 Å². The quantitative estimate of drug-likeness (QED) is 0.177. The maximum absolute atomic E-state index is 11.9. The summed E-state index contributed by atoms with van der Waals surface area (Å²) in [7, 11) is 0. The third-order valence-electron chi connectivity index (χ3n) is 4.78. The molecule has 0 aromatic heterocycles. The summed E-state index contributed by atoms with van der Waals surface area (Å²) in [5, 5.41) is 23.6. The molecule has 0 aliphatic rings. The van der Waals surface area contributed by atoms with Crippen LogP contribution in [0.5, 0.6) is 0 Å². The van der Waals surface area contributed by atoms with E-state index < -0.39 is 5.91 Å². The number of unbranched alkanes of at least 4 members (excludes halogenated alkanes) is 4. The number of nitrogens with zero attached hydrogens (tertiary/aromatic N) is 2. The summed E-state index contributed by atoms with van der Waals surface area (Å²) >= 11 is 0. The van der Waals surface area contributed by atoms with Crippen LogP contribution in [0.4, 0.5) is 0 Å². The van der Waals surface area contributed by atoms with E-state index in [0.717, 1.165) is 29.9 Å². The average molecular weight is 437 g/mol. The Hall–Kier alpha value is -2.49. The first kappa shape index (κ1) is 26.5. The van der Waals surface area contributed by atoms with Crippen LogP contribution in [0.15, 0.2) is 30.3 Å². The van der Waals surface area contributed by atoms with Crippen molar-refractivity contribution in [1.29, 1.82) is 0 Å². The van der Waals surface area contributed by atoms with Gasteiger partial charge in [-0.2, -0.15) is 0 Å². The molecule has 1 rings (SSSR count). The van der Waals surface area contributed by atoms with Gasteiger partial charge < -0.3 is 11.1 Å². The average Bonchev–Trinajstić information content (AvgIpc) is 2.77. The summed E-state index contributed by atoms with van der Waals surface area (Å²) in [5.74, 6) is -1.06. The molecule has 174 valence electrons. The summed E-state index contributed by atoms with van der Waals surface area (Å²) in [6.07, 6.45) is 4.57. The van der Waals surface area contributed by atoms with Crippen molar-refractivity contribution in [3.8, 4) is 0 Å². The van der Waals surface area contributed by atoms with Gasteiger partial charge in [0.1, 0.15) is 0 Å². The van der Waals surface area contributed by atoms with Crippen LogP contribution in [0.1, 0.15) is 56.9 Å². The van der Waals surface area contributed by atoms with Crippen LogP contribution >= 0.6 is 0 Å². The largest absolute Gasteiger partial charge is 0.356 e. The van der Waals surface area contributed by atoms with Gasteiger partial charge in [0.2, 0.25) is 17.7 Å². The van der Waals surface area contributed by atoms with E-state index >= 15 is 0 Å². The molecule has 0 unspecified atom stereocenters. The lowest BCUT2D eigenvalue weighted by molar-refractivity contribution is -0.166. The fourth-order valence-electron chi connectivity index (χ4n) is 2.92. The highest BCUT2D eigenvalue weighted by Gasteiger charge is 2.13. The van der Waals surface area contributed by atoms with Crippen molar-refractivity contribution in [3.63, 3.8) is 0 Å². The van der Waals surface area contributed by atoms with Gasteiger partial charge in [-0.3, -0.25) is 24.8 Å². The van der Waals surface area contributed by atoms with Crippen LogP contribution < -0.4 is 11.1 Å². The first-order valence-electron chi connectivity index (χ1n) is 10.9. The smallest absolute Gasteiger partial charge is 0.250 e. The number of hydrogen-bond donors (Lipinski definition) is 4. The molecule has 1 aromatic carbocycles. The molecule has 0 fully saturated rings. The van der Waals surface area contributed by atoms with Crippen molar-refractivity contribution in [2.75, 3.05) is 26.2 Å². The van der Waals surface area contributed by atoms with Gasteiger partial charge in [-0.25, -0.2) is 10.1 Å². The minimum Gasteiger partial charge on any atom is -0.356 e. The Kier molecular flexibility index (Phi) is 13.9. The van der Waals surface area contributed by atoms with Crippen molar-refractivity contribution < 1.29 is 24.8 Å². The zero-order chi connectivity index (χ0) is 22.9. The number of amides is 3. The SMILES string of the molecule is NCCCCCN(O)C(=O)CCC(=O)NCCCCCN(O)C(=O)Cc1ccccc1. The van der Waals surface area contributed by atoms with Gasteiger partial charge in [0.05, 0.1) is 6.42 Å². The van der Waals surface area contributed by atoms with Crippen molar-refractivity contribution in [3.05, 3.63) is 35.9 Å².